The Morgan fingerprint density at radius 3 is 2.61 bits per heavy atom. The molecule has 0 radical (unpaired) electrons. The first kappa shape index (κ1) is 12.2. The lowest BCUT2D eigenvalue weighted by molar-refractivity contribution is -0.127. The molecule has 2 aliphatic rings. The summed E-state index contributed by atoms with van der Waals surface area (Å²) < 4.78 is 6.37. The number of ether oxygens (including phenoxy) is 1. The summed E-state index contributed by atoms with van der Waals surface area (Å²) in [7, 11) is 0. The molecule has 1 N–H and O–H groups in total. The fourth-order valence-electron chi connectivity index (χ4n) is 3.51. The Hall–Kier alpha value is -0.860. The van der Waals surface area contributed by atoms with E-state index in [1.807, 2.05) is 0 Å². The minimum atomic E-state index is -0.0935. The van der Waals surface area contributed by atoms with Crippen molar-refractivity contribution in [3.05, 3.63) is 35.4 Å². The second-order valence-electron chi connectivity index (χ2n) is 6.48. The number of fused-ring (bicyclic) bond motifs is 2. The van der Waals surface area contributed by atoms with Crippen LogP contribution in [0.5, 0.6) is 0 Å². The number of benzene rings is 1. The lowest BCUT2D eigenvalue weighted by atomic mass is 9.66. The average molecular weight is 245 g/mol. The zero-order valence-corrected chi connectivity index (χ0v) is 11.6. The van der Waals surface area contributed by atoms with Gasteiger partial charge in [-0.05, 0) is 36.3 Å². The highest BCUT2D eigenvalue weighted by Crippen LogP contribution is 2.47. The van der Waals surface area contributed by atoms with Crippen LogP contribution in [0.25, 0.3) is 0 Å². The standard InChI is InChI=1S/C16H23NO/c1-12-10-17-11-16(18-12)9-8-15(2,3)13-6-4-5-7-14(13)16/h4-7,12,17H,8-11H2,1-3H3. The van der Waals surface area contributed by atoms with Gasteiger partial charge in [0.25, 0.3) is 0 Å². The minimum absolute atomic E-state index is 0.0935. The Labute approximate surface area is 110 Å². The maximum absolute atomic E-state index is 6.37. The fourth-order valence-corrected chi connectivity index (χ4v) is 3.51. The zero-order valence-electron chi connectivity index (χ0n) is 11.6. The molecule has 1 aliphatic heterocycles. The molecule has 1 heterocycles. The molecule has 0 aromatic heterocycles. The fraction of sp³-hybridized carbons (Fsp3) is 0.625. The van der Waals surface area contributed by atoms with Crippen molar-refractivity contribution in [2.24, 2.45) is 0 Å². The van der Waals surface area contributed by atoms with Crippen molar-refractivity contribution in [1.82, 2.24) is 5.32 Å². The van der Waals surface area contributed by atoms with E-state index in [9.17, 15) is 0 Å². The van der Waals surface area contributed by atoms with Gasteiger partial charge in [0, 0.05) is 13.1 Å². The SMILES string of the molecule is CC1CNCC2(CCC(C)(C)c3ccccc32)O1. The summed E-state index contributed by atoms with van der Waals surface area (Å²) in [5.74, 6) is 0. The Morgan fingerprint density at radius 2 is 1.89 bits per heavy atom. The Bertz CT molecular complexity index is 454. The van der Waals surface area contributed by atoms with E-state index in [1.54, 1.807) is 0 Å². The summed E-state index contributed by atoms with van der Waals surface area (Å²) >= 11 is 0. The molecule has 1 fully saturated rings. The summed E-state index contributed by atoms with van der Waals surface area (Å²) in [4.78, 5) is 0. The van der Waals surface area contributed by atoms with Gasteiger partial charge in [0.15, 0.2) is 0 Å². The Kier molecular flexibility index (Phi) is 2.76. The van der Waals surface area contributed by atoms with Crippen LogP contribution in [0.1, 0.15) is 44.7 Å². The molecular formula is C16H23NO. The van der Waals surface area contributed by atoms with E-state index >= 15 is 0 Å². The van der Waals surface area contributed by atoms with Crippen molar-refractivity contribution < 1.29 is 4.74 Å². The van der Waals surface area contributed by atoms with Gasteiger partial charge < -0.3 is 10.1 Å². The van der Waals surface area contributed by atoms with E-state index in [0.717, 1.165) is 19.5 Å². The molecular weight excluding hydrogens is 222 g/mol. The third-order valence-corrected chi connectivity index (χ3v) is 4.57. The topological polar surface area (TPSA) is 21.3 Å². The molecule has 0 amide bonds. The molecule has 18 heavy (non-hydrogen) atoms. The van der Waals surface area contributed by atoms with Crippen molar-refractivity contribution >= 4 is 0 Å². The van der Waals surface area contributed by atoms with Crippen LogP contribution in [-0.4, -0.2) is 19.2 Å². The number of hydrogen-bond donors (Lipinski definition) is 1. The van der Waals surface area contributed by atoms with Gasteiger partial charge in [-0.1, -0.05) is 38.1 Å². The van der Waals surface area contributed by atoms with Crippen molar-refractivity contribution in [3.63, 3.8) is 0 Å². The molecule has 1 aromatic carbocycles. The van der Waals surface area contributed by atoms with Gasteiger partial charge in [-0.3, -0.25) is 0 Å². The average Bonchev–Trinajstić information content (AvgIpc) is 2.36. The molecule has 1 saturated heterocycles. The quantitative estimate of drug-likeness (QED) is 0.759. The molecule has 0 saturated carbocycles. The predicted octanol–water partition coefficient (Wildman–Crippen LogP) is 2.96. The number of morpholine rings is 1. The van der Waals surface area contributed by atoms with Crippen molar-refractivity contribution in [2.45, 2.75) is 50.7 Å². The van der Waals surface area contributed by atoms with Crippen molar-refractivity contribution in [3.8, 4) is 0 Å². The second-order valence-corrected chi connectivity index (χ2v) is 6.48. The number of rotatable bonds is 0. The molecule has 98 valence electrons. The van der Waals surface area contributed by atoms with E-state index in [2.05, 4.69) is 50.4 Å². The molecule has 0 bridgehead atoms. The summed E-state index contributed by atoms with van der Waals surface area (Å²) in [5.41, 5.74) is 3.04. The summed E-state index contributed by atoms with van der Waals surface area (Å²) in [6, 6.07) is 8.83. The molecule has 2 nitrogen and oxygen atoms in total. The van der Waals surface area contributed by atoms with Crippen LogP contribution in [0.15, 0.2) is 24.3 Å². The number of nitrogens with one attached hydrogen (secondary N) is 1. The maximum Gasteiger partial charge on any atom is 0.106 e. The van der Waals surface area contributed by atoms with Crippen LogP contribution in [0.4, 0.5) is 0 Å². The minimum Gasteiger partial charge on any atom is -0.365 e. The lowest BCUT2D eigenvalue weighted by Crippen LogP contribution is -2.54. The van der Waals surface area contributed by atoms with Gasteiger partial charge in [0.2, 0.25) is 0 Å². The van der Waals surface area contributed by atoms with Gasteiger partial charge in [0.1, 0.15) is 5.60 Å². The monoisotopic (exact) mass is 245 g/mol. The van der Waals surface area contributed by atoms with Gasteiger partial charge in [-0.2, -0.15) is 0 Å². The molecule has 2 atom stereocenters. The second kappa shape index (κ2) is 4.07. The summed E-state index contributed by atoms with van der Waals surface area (Å²) in [5, 5.41) is 3.54. The lowest BCUT2D eigenvalue weighted by Gasteiger charge is -2.48. The third kappa shape index (κ3) is 1.79. The van der Waals surface area contributed by atoms with Crippen LogP contribution in [0.3, 0.4) is 0 Å². The molecule has 1 spiro atoms. The van der Waals surface area contributed by atoms with Gasteiger partial charge in [0.05, 0.1) is 6.10 Å². The largest absolute Gasteiger partial charge is 0.365 e. The van der Waals surface area contributed by atoms with Gasteiger partial charge in [-0.15, -0.1) is 0 Å². The summed E-state index contributed by atoms with van der Waals surface area (Å²) in [6.45, 7) is 8.77. The first-order chi connectivity index (χ1) is 8.54. The van der Waals surface area contributed by atoms with Crippen LogP contribution in [-0.2, 0) is 15.8 Å². The predicted molar refractivity (Wildman–Crippen MR) is 73.8 cm³/mol. The third-order valence-electron chi connectivity index (χ3n) is 4.57. The van der Waals surface area contributed by atoms with E-state index in [1.165, 1.54) is 17.5 Å². The van der Waals surface area contributed by atoms with E-state index in [0.29, 0.717) is 6.10 Å². The maximum atomic E-state index is 6.37. The molecule has 3 rings (SSSR count). The van der Waals surface area contributed by atoms with Crippen molar-refractivity contribution in [2.75, 3.05) is 13.1 Å². The highest BCUT2D eigenvalue weighted by atomic mass is 16.5. The van der Waals surface area contributed by atoms with E-state index in [-0.39, 0.29) is 11.0 Å². The van der Waals surface area contributed by atoms with Gasteiger partial charge in [-0.25, -0.2) is 0 Å². The first-order valence-electron chi connectivity index (χ1n) is 7.02. The smallest absolute Gasteiger partial charge is 0.106 e. The molecule has 2 heteroatoms. The normalized spacial score (nSPS) is 34.3. The van der Waals surface area contributed by atoms with E-state index in [4.69, 9.17) is 4.74 Å². The van der Waals surface area contributed by atoms with Crippen LogP contribution in [0.2, 0.25) is 0 Å². The van der Waals surface area contributed by atoms with Crippen LogP contribution in [0, 0.1) is 0 Å². The van der Waals surface area contributed by atoms with Crippen LogP contribution >= 0.6 is 0 Å². The highest BCUT2D eigenvalue weighted by Gasteiger charge is 2.45. The van der Waals surface area contributed by atoms with Crippen LogP contribution < -0.4 is 5.32 Å². The highest BCUT2D eigenvalue weighted by molar-refractivity contribution is 5.41. The Morgan fingerprint density at radius 1 is 1.17 bits per heavy atom. The van der Waals surface area contributed by atoms with E-state index < -0.39 is 0 Å². The number of hydrogen-bond acceptors (Lipinski definition) is 2. The molecule has 2 unspecified atom stereocenters. The molecule has 1 aliphatic carbocycles. The Balaban J connectivity index is 2.09. The summed E-state index contributed by atoms with van der Waals surface area (Å²) in [6.07, 6.45) is 2.61. The van der Waals surface area contributed by atoms with Crippen molar-refractivity contribution in [1.29, 1.82) is 0 Å². The zero-order chi connectivity index (χ0) is 12.8. The molecule has 1 aromatic rings. The van der Waals surface area contributed by atoms with Gasteiger partial charge >= 0.3 is 0 Å². The first-order valence-corrected chi connectivity index (χ1v) is 7.02.